The van der Waals surface area contributed by atoms with E-state index in [1.165, 1.54) is 44.1 Å². The molecule has 5 rings (SSSR count). The van der Waals surface area contributed by atoms with Crippen LogP contribution in [0, 0.1) is 17.7 Å². The van der Waals surface area contributed by atoms with Gasteiger partial charge in [0.15, 0.2) is 11.4 Å². The summed E-state index contributed by atoms with van der Waals surface area (Å²) in [6, 6.07) is 3.02. The summed E-state index contributed by atoms with van der Waals surface area (Å²) in [5, 5.41) is 54.9. The molecule has 0 aliphatic heterocycles. The third-order valence-corrected chi connectivity index (χ3v) is 7.79. The van der Waals surface area contributed by atoms with Gasteiger partial charge in [0.05, 0.1) is 17.2 Å². The number of aliphatic hydroxyl groups is 4. The van der Waals surface area contributed by atoms with Gasteiger partial charge in [-0.3, -0.25) is 29.1 Å². The molecule has 0 spiro atoms. The monoisotopic (exact) mass is 574 g/mol. The maximum Gasteiger partial charge on any atom is 0.325 e. The molecule has 41 heavy (non-hydrogen) atoms. The number of likely N-dealkylation sites (N-methyl/N-ethyl adjacent to an activating group) is 1. The summed E-state index contributed by atoms with van der Waals surface area (Å²) >= 11 is 0. The molecular weight excluding hydrogens is 547 g/mol. The lowest BCUT2D eigenvalue weighted by Gasteiger charge is -2.53. The smallest absolute Gasteiger partial charge is 0.325 e. The maximum absolute atomic E-state index is 13.7. The van der Waals surface area contributed by atoms with Crippen LogP contribution >= 0.6 is 0 Å². The highest BCUT2D eigenvalue weighted by molar-refractivity contribution is 6.24. The summed E-state index contributed by atoms with van der Waals surface area (Å²) in [4.78, 5) is 64.0. The van der Waals surface area contributed by atoms with E-state index in [4.69, 9.17) is 5.73 Å². The molecule has 218 valence electrons. The first-order valence-electron chi connectivity index (χ1n) is 12.1. The number of phenolic OH excluding ortho intramolecular Hbond substituents is 1. The van der Waals surface area contributed by atoms with Crippen LogP contribution in [0.3, 0.4) is 0 Å². The van der Waals surface area contributed by atoms with Crippen molar-refractivity contribution < 1.29 is 44.3 Å². The minimum absolute atomic E-state index is 0.170. The normalized spacial score (nSPS) is 28.9. The van der Waals surface area contributed by atoms with Crippen molar-refractivity contribution >= 4 is 23.2 Å². The molecular formula is C26H27FN4O10. The largest absolute Gasteiger partial charge is 0.508 e. The summed E-state index contributed by atoms with van der Waals surface area (Å²) in [5.74, 6) is -8.89. The van der Waals surface area contributed by atoms with Gasteiger partial charge in [-0.15, -0.1) is 0 Å². The Balaban J connectivity index is 0.000000367. The number of amides is 1. The standard InChI is InChI=1S/C22H24N2O8.C4H3FN2O2/c1-21(31)8-5-4-6-11(25)12(8)16(26)13-9(21)7-10-15(24(2)3)17(27)14(20(23)30)19(29)22(10,32)18(13)28;5-2-1-6-4(9)7-3(2)8/h4-6,9-10,15,25-26,29,31-32H,7H2,1-3H3,(H2,23,30);1H,(H2,6,7,8,9)/t9-,10-,15-,21+,22-;/m0./s1. The van der Waals surface area contributed by atoms with Crippen LogP contribution in [0.1, 0.15) is 24.5 Å². The van der Waals surface area contributed by atoms with Crippen LogP contribution in [0.15, 0.2) is 50.9 Å². The van der Waals surface area contributed by atoms with Crippen LogP contribution in [0.2, 0.25) is 0 Å². The molecule has 3 aliphatic rings. The number of nitrogens with zero attached hydrogens (tertiary/aromatic N) is 1. The zero-order valence-electron chi connectivity index (χ0n) is 21.9. The highest BCUT2D eigenvalue weighted by atomic mass is 19.1. The second-order valence-corrected chi connectivity index (χ2v) is 10.4. The average molecular weight is 575 g/mol. The fourth-order valence-electron chi connectivity index (χ4n) is 5.89. The number of Topliss-reactive ketones (excluding diaryl/α,β-unsaturated/α-hetero) is 2. The van der Waals surface area contributed by atoms with Gasteiger partial charge in [0.1, 0.15) is 22.8 Å². The van der Waals surface area contributed by atoms with Crippen LogP contribution in [0.5, 0.6) is 5.75 Å². The van der Waals surface area contributed by atoms with E-state index in [0.717, 1.165) is 0 Å². The number of phenols is 1. The van der Waals surface area contributed by atoms with Crippen molar-refractivity contribution in [3.63, 3.8) is 0 Å². The molecule has 1 heterocycles. The number of carbonyl (C=O) groups is 3. The summed E-state index contributed by atoms with van der Waals surface area (Å²) in [7, 11) is 3.01. The number of aromatic amines is 2. The van der Waals surface area contributed by atoms with E-state index in [1.807, 2.05) is 4.98 Å². The second-order valence-electron chi connectivity index (χ2n) is 10.4. The van der Waals surface area contributed by atoms with Crippen molar-refractivity contribution in [2.75, 3.05) is 14.1 Å². The predicted octanol–water partition coefficient (Wildman–Crippen LogP) is -1.17. The lowest BCUT2D eigenvalue weighted by atomic mass is 9.54. The molecule has 0 bridgehead atoms. The maximum atomic E-state index is 13.7. The Bertz CT molecular complexity index is 1670. The number of halogens is 1. The Morgan fingerprint density at radius 3 is 2.29 bits per heavy atom. The van der Waals surface area contributed by atoms with Gasteiger partial charge in [0.25, 0.3) is 11.5 Å². The quantitative estimate of drug-likeness (QED) is 0.199. The molecule has 1 fully saturated rings. The molecule has 15 heteroatoms. The van der Waals surface area contributed by atoms with E-state index in [1.54, 1.807) is 4.98 Å². The lowest BCUT2D eigenvalue weighted by molar-refractivity contribution is -0.159. The molecule has 1 amide bonds. The number of aromatic hydroxyl groups is 1. The fraction of sp³-hybridized carbons (Fsp3) is 0.346. The molecule has 5 atom stereocenters. The third kappa shape index (κ3) is 4.25. The highest BCUT2D eigenvalue weighted by Crippen LogP contribution is 2.57. The zero-order chi connectivity index (χ0) is 30.8. The first kappa shape index (κ1) is 29.4. The number of ketones is 2. The van der Waals surface area contributed by atoms with E-state index in [2.05, 4.69) is 0 Å². The molecule has 2 aromatic rings. The van der Waals surface area contributed by atoms with Gasteiger partial charge in [-0.05, 0) is 39.1 Å². The van der Waals surface area contributed by atoms with Crippen molar-refractivity contribution in [1.29, 1.82) is 0 Å². The van der Waals surface area contributed by atoms with Gasteiger partial charge in [-0.2, -0.15) is 4.39 Å². The summed E-state index contributed by atoms with van der Waals surface area (Å²) in [6.45, 7) is 1.40. The van der Waals surface area contributed by atoms with E-state index < -0.39 is 92.0 Å². The first-order chi connectivity index (χ1) is 19.0. The SMILES string of the molecule is CN(C)[C@@H]1C(=O)C(C(N)=O)=C(O)[C@@]2(O)C(=O)C3=C(O)c4c(O)cccc4[C@@](C)(O)[C@H]3C[C@@H]12.O=c1[nH]cc(F)c(=O)[nH]1. The number of aliphatic hydroxyl groups excluding tert-OH is 2. The Labute approximate surface area is 229 Å². The summed E-state index contributed by atoms with van der Waals surface area (Å²) in [5.41, 5.74) is -2.26. The van der Waals surface area contributed by atoms with Crippen molar-refractivity contribution in [3.05, 3.63) is 79.1 Å². The van der Waals surface area contributed by atoms with E-state index in [9.17, 15) is 53.9 Å². The number of hydrogen-bond acceptors (Lipinski definition) is 11. The number of nitrogens with one attached hydrogen (secondary N) is 2. The van der Waals surface area contributed by atoms with Gasteiger partial charge < -0.3 is 36.3 Å². The predicted molar refractivity (Wildman–Crippen MR) is 138 cm³/mol. The molecule has 14 nitrogen and oxygen atoms in total. The van der Waals surface area contributed by atoms with Crippen LogP contribution in [0.25, 0.3) is 5.76 Å². The van der Waals surface area contributed by atoms with Gasteiger partial charge in [0.2, 0.25) is 11.6 Å². The highest BCUT2D eigenvalue weighted by Gasteiger charge is 2.66. The van der Waals surface area contributed by atoms with Crippen LogP contribution in [-0.4, -0.2) is 83.6 Å². The van der Waals surface area contributed by atoms with Crippen molar-refractivity contribution in [2.24, 2.45) is 17.6 Å². The molecule has 0 saturated heterocycles. The summed E-state index contributed by atoms with van der Waals surface area (Å²) in [6.07, 6.45) is 0.510. The van der Waals surface area contributed by atoms with Crippen molar-refractivity contribution in [1.82, 2.24) is 14.9 Å². The molecule has 0 unspecified atom stereocenters. The van der Waals surface area contributed by atoms with Gasteiger partial charge >= 0.3 is 5.69 Å². The fourth-order valence-corrected chi connectivity index (χ4v) is 5.89. The van der Waals surface area contributed by atoms with Crippen molar-refractivity contribution in [3.8, 4) is 5.75 Å². The van der Waals surface area contributed by atoms with Gasteiger partial charge in [0, 0.05) is 23.6 Å². The van der Waals surface area contributed by atoms with E-state index in [0.29, 0.717) is 6.20 Å². The average Bonchev–Trinajstić information content (AvgIpc) is 2.87. The Morgan fingerprint density at radius 1 is 1.12 bits per heavy atom. The zero-order valence-corrected chi connectivity index (χ0v) is 21.9. The summed E-state index contributed by atoms with van der Waals surface area (Å²) < 4.78 is 12.0. The number of rotatable bonds is 2. The van der Waals surface area contributed by atoms with E-state index >= 15 is 0 Å². The van der Waals surface area contributed by atoms with Crippen LogP contribution in [0.4, 0.5) is 4.39 Å². The molecule has 1 aromatic carbocycles. The molecule has 9 N–H and O–H groups in total. The molecule has 3 aliphatic carbocycles. The number of primary amides is 1. The lowest BCUT2D eigenvalue weighted by Crippen LogP contribution is -2.67. The first-order valence-corrected chi connectivity index (χ1v) is 12.1. The Morgan fingerprint density at radius 2 is 1.76 bits per heavy atom. The van der Waals surface area contributed by atoms with Gasteiger partial charge in [-0.25, -0.2) is 4.79 Å². The number of H-pyrrole nitrogens is 2. The number of nitrogens with two attached hydrogens (primary N) is 1. The topological polar surface area (TPSA) is 247 Å². The number of hydrogen-bond donors (Lipinski definition) is 8. The molecule has 0 radical (unpaired) electrons. The second kappa shape index (κ2) is 9.79. The number of benzene rings is 1. The van der Waals surface area contributed by atoms with Crippen LogP contribution in [-0.2, 0) is 20.0 Å². The Kier molecular flexibility index (Phi) is 7.02. The minimum Gasteiger partial charge on any atom is -0.508 e. The van der Waals surface area contributed by atoms with E-state index in [-0.39, 0.29) is 17.5 Å². The number of aromatic nitrogens is 2. The Hall–Kier alpha value is -4.60. The molecule has 1 aromatic heterocycles. The number of fused-ring (bicyclic) bond motifs is 3. The third-order valence-electron chi connectivity index (χ3n) is 7.79. The van der Waals surface area contributed by atoms with Crippen LogP contribution < -0.4 is 17.0 Å². The minimum atomic E-state index is -2.75. The van der Waals surface area contributed by atoms with Gasteiger partial charge in [-0.1, -0.05) is 12.1 Å². The molecule has 1 saturated carbocycles. The van der Waals surface area contributed by atoms with Crippen molar-refractivity contribution in [2.45, 2.75) is 30.6 Å². The number of carbonyl (C=O) groups excluding carboxylic acids is 3.